The maximum atomic E-state index is 12.5. The molecule has 0 amide bonds. The van der Waals surface area contributed by atoms with Gasteiger partial charge in [0, 0.05) is 11.1 Å². The zero-order valence-corrected chi connectivity index (χ0v) is 16.1. The lowest BCUT2D eigenvalue weighted by atomic mass is 10.2. The van der Waals surface area contributed by atoms with Crippen LogP contribution in [0.1, 0.15) is 26.3 Å². The fourth-order valence-electron chi connectivity index (χ4n) is 1.90. The molecular weight excluding hydrogens is 343 g/mol. The molecule has 1 atom stereocenters. The van der Waals surface area contributed by atoms with Crippen LogP contribution in [-0.4, -0.2) is 33.3 Å². The van der Waals surface area contributed by atoms with E-state index in [2.05, 4.69) is 0 Å². The molecule has 0 radical (unpaired) electrons. The van der Waals surface area contributed by atoms with Crippen LogP contribution in [0.25, 0.3) is 0 Å². The van der Waals surface area contributed by atoms with Crippen molar-refractivity contribution in [2.45, 2.75) is 43.6 Å². The smallest absolute Gasteiger partial charge is 0.298 e. The van der Waals surface area contributed by atoms with Gasteiger partial charge in [0.05, 0.1) is 6.10 Å². The second kappa shape index (κ2) is 7.97. The summed E-state index contributed by atoms with van der Waals surface area (Å²) in [6.45, 7) is 6.91. The van der Waals surface area contributed by atoms with Gasteiger partial charge in [-0.25, -0.2) is 0 Å². The molecule has 0 N–H and O–H groups in total. The van der Waals surface area contributed by atoms with Crippen LogP contribution in [0, 0.1) is 6.92 Å². The van der Waals surface area contributed by atoms with Crippen molar-refractivity contribution in [2.24, 2.45) is 0 Å². The van der Waals surface area contributed by atoms with Gasteiger partial charge in [0.25, 0.3) is 10.1 Å². The molecule has 126 valence electrons. The Balaban J connectivity index is 3.05. The second-order valence-corrected chi connectivity index (χ2v) is 10.2. The van der Waals surface area contributed by atoms with Gasteiger partial charge >= 0.3 is 0 Å². The fraction of sp³-hybridized carbons (Fsp3) is 0.571. The van der Waals surface area contributed by atoms with Crippen molar-refractivity contribution in [2.75, 3.05) is 18.8 Å². The van der Waals surface area contributed by atoms with Crippen LogP contribution >= 0.6 is 19.1 Å². The third kappa shape index (κ3) is 5.10. The highest BCUT2D eigenvalue weighted by molar-refractivity contribution is 7.99. The van der Waals surface area contributed by atoms with Gasteiger partial charge in [-0.3, -0.25) is 8.75 Å². The maximum Gasteiger partial charge on any atom is 0.298 e. The van der Waals surface area contributed by atoms with E-state index in [1.54, 1.807) is 52.1 Å². The molecule has 1 aromatic carbocycles. The lowest BCUT2D eigenvalue weighted by Gasteiger charge is -2.20. The molecule has 0 saturated heterocycles. The van der Waals surface area contributed by atoms with Crippen molar-refractivity contribution in [1.82, 2.24) is 0 Å². The predicted molar refractivity (Wildman–Crippen MR) is 90.5 cm³/mol. The summed E-state index contributed by atoms with van der Waals surface area (Å²) in [5.74, 6) is 0. The van der Waals surface area contributed by atoms with Gasteiger partial charge in [-0.2, -0.15) is 8.42 Å². The van der Waals surface area contributed by atoms with Gasteiger partial charge in [0.1, 0.15) is 11.2 Å². The number of thioether (sulfide) groups is 1. The van der Waals surface area contributed by atoms with E-state index in [0.717, 1.165) is 0 Å². The largest absolute Gasteiger partial charge is 0.324 e. The first-order valence-electron chi connectivity index (χ1n) is 6.94. The van der Waals surface area contributed by atoms with Crippen LogP contribution in [0.5, 0.6) is 0 Å². The minimum Gasteiger partial charge on any atom is -0.324 e. The number of hydrogen-bond acceptors (Lipinski definition) is 6. The highest BCUT2D eigenvalue weighted by Gasteiger charge is 2.29. The van der Waals surface area contributed by atoms with Crippen molar-refractivity contribution >= 4 is 29.2 Å². The van der Waals surface area contributed by atoms with E-state index < -0.39 is 23.8 Å². The summed E-state index contributed by atoms with van der Waals surface area (Å²) in [6.07, 6.45) is 1.33. The molecule has 0 spiro atoms. The summed E-state index contributed by atoms with van der Waals surface area (Å²) in [6, 6.07) is 5.22. The quantitative estimate of drug-likeness (QED) is 0.392. The zero-order chi connectivity index (χ0) is 17.0. The number of benzene rings is 1. The monoisotopic (exact) mass is 366 g/mol. The van der Waals surface area contributed by atoms with E-state index in [0.29, 0.717) is 10.5 Å². The Kier molecular flexibility index (Phi) is 7.15. The second-order valence-electron chi connectivity index (χ2n) is 5.09. The standard InChI is InChI=1S/C14H23O5PS2/c1-6-20(15,19-11(2)3)10-18-22(16,17)14-12(4)8-7-9-13(14)21-5/h7-9,11H,6,10H2,1-5H3. The van der Waals surface area contributed by atoms with Gasteiger partial charge in [0.15, 0.2) is 0 Å². The van der Waals surface area contributed by atoms with Crippen LogP contribution in [0.15, 0.2) is 28.0 Å². The van der Waals surface area contributed by atoms with Crippen molar-refractivity contribution < 1.29 is 21.7 Å². The Morgan fingerprint density at radius 3 is 2.45 bits per heavy atom. The molecule has 1 aromatic rings. The van der Waals surface area contributed by atoms with Crippen LogP contribution in [0.3, 0.4) is 0 Å². The van der Waals surface area contributed by atoms with Crippen LogP contribution in [0.2, 0.25) is 0 Å². The number of rotatable bonds is 8. The van der Waals surface area contributed by atoms with Gasteiger partial charge in [0.2, 0.25) is 7.37 Å². The van der Waals surface area contributed by atoms with Crippen molar-refractivity contribution in [1.29, 1.82) is 0 Å². The highest BCUT2D eigenvalue weighted by Crippen LogP contribution is 2.48. The minimum absolute atomic E-state index is 0.134. The van der Waals surface area contributed by atoms with Gasteiger partial charge in [-0.05, 0) is 38.7 Å². The lowest BCUT2D eigenvalue weighted by Crippen LogP contribution is -2.13. The normalized spacial score (nSPS) is 15.0. The summed E-state index contributed by atoms with van der Waals surface area (Å²) in [7, 11) is -7.11. The first kappa shape index (κ1) is 19.7. The molecule has 1 unspecified atom stereocenters. The van der Waals surface area contributed by atoms with Crippen LogP contribution < -0.4 is 0 Å². The Bertz CT molecular complexity index is 655. The summed E-state index contributed by atoms with van der Waals surface area (Å²) in [5.41, 5.74) is 0.600. The van der Waals surface area contributed by atoms with E-state index in [9.17, 15) is 13.0 Å². The molecule has 0 saturated carbocycles. The zero-order valence-electron chi connectivity index (χ0n) is 13.5. The number of aryl methyl sites for hydroxylation is 1. The molecule has 0 aliphatic rings. The molecule has 0 heterocycles. The number of hydrogen-bond donors (Lipinski definition) is 0. The van der Waals surface area contributed by atoms with Gasteiger partial charge in [-0.15, -0.1) is 11.8 Å². The Morgan fingerprint density at radius 2 is 1.95 bits per heavy atom. The van der Waals surface area contributed by atoms with E-state index >= 15 is 0 Å². The molecule has 5 nitrogen and oxygen atoms in total. The summed E-state index contributed by atoms with van der Waals surface area (Å²) in [4.78, 5) is 0.741. The molecule has 8 heteroatoms. The molecule has 22 heavy (non-hydrogen) atoms. The fourth-order valence-corrected chi connectivity index (χ4v) is 6.27. The van der Waals surface area contributed by atoms with Crippen LogP contribution in [0.4, 0.5) is 0 Å². The van der Waals surface area contributed by atoms with Gasteiger partial charge < -0.3 is 4.52 Å². The highest BCUT2D eigenvalue weighted by atomic mass is 32.2. The lowest BCUT2D eigenvalue weighted by molar-refractivity contribution is 0.228. The van der Waals surface area contributed by atoms with Crippen molar-refractivity contribution in [3.05, 3.63) is 23.8 Å². The first-order valence-corrected chi connectivity index (χ1v) is 11.6. The SMILES string of the molecule is CCP(=O)(COS(=O)(=O)c1c(C)cccc1SC)OC(C)C. The third-order valence-corrected chi connectivity index (χ3v) is 7.78. The average Bonchev–Trinajstić information content (AvgIpc) is 2.44. The Labute approximate surface area is 137 Å². The van der Waals surface area contributed by atoms with E-state index in [4.69, 9.17) is 8.71 Å². The van der Waals surface area contributed by atoms with E-state index in [-0.39, 0.29) is 17.2 Å². The topological polar surface area (TPSA) is 69.7 Å². The molecular formula is C14H23O5PS2. The molecule has 1 rings (SSSR count). The predicted octanol–water partition coefficient (Wildman–Crippen LogP) is 4.10. The molecule has 0 aliphatic heterocycles. The summed E-state index contributed by atoms with van der Waals surface area (Å²) in [5, 5.41) is 0. The van der Waals surface area contributed by atoms with E-state index in [1.807, 2.05) is 0 Å². The molecule has 0 fully saturated rings. The summed E-state index contributed by atoms with van der Waals surface area (Å²) < 4.78 is 47.9. The Morgan fingerprint density at radius 1 is 1.32 bits per heavy atom. The van der Waals surface area contributed by atoms with Gasteiger partial charge in [-0.1, -0.05) is 19.1 Å². The van der Waals surface area contributed by atoms with Crippen molar-refractivity contribution in [3.63, 3.8) is 0 Å². The average molecular weight is 366 g/mol. The minimum atomic E-state index is -3.99. The van der Waals surface area contributed by atoms with Crippen LogP contribution in [-0.2, 0) is 23.4 Å². The van der Waals surface area contributed by atoms with Crippen molar-refractivity contribution in [3.8, 4) is 0 Å². The molecule has 0 bridgehead atoms. The first-order chi connectivity index (χ1) is 10.1. The third-order valence-electron chi connectivity index (χ3n) is 2.93. The summed E-state index contributed by atoms with van der Waals surface area (Å²) >= 11 is 1.33. The maximum absolute atomic E-state index is 12.5. The molecule has 0 aliphatic carbocycles. The van der Waals surface area contributed by atoms with E-state index in [1.165, 1.54) is 11.8 Å². The Hall–Kier alpha value is -0.330. The molecule has 0 aromatic heterocycles.